The normalized spacial score (nSPS) is 10.8. The molecule has 0 saturated carbocycles. The standard InChI is InChI=1S/C6H7N5O/c1-2-8-3-4(7)10-6(12)11-5(3)9-2/h1H3,(H4,7,8,9,10,11,12). The van der Waals surface area contributed by atoms with E-state index in [1.807, 2.05) is 0 Å². The van der Waals surface area contributed by atoms with Crippen LogP contribution in [0.4, 0.5) is 5.82 Å². The molecule has 0 aromatic carbocycles. The number of rotatable bonds is 0. The molecule has 0 fully saturated rings. The van der Waals surface area contributed by atoms with E-state index in [9.17, 15) is 4.79 Å². The van der Waals surface area contributed by atoms with Crippen molar-refractivity contribution in [3.05, 3.63) is 16.3 Å². The second-order valence-corrected chi connectivity index (χ2v) is 2.48. The van der Waals surface area contributed by atoms with E-state index in [1.165, 1.54) is 0 Å². The molecule has 2 aromatic heterocycles. The van der Waals surface area contributed by atoms with Gasteiger partial charge in [-0.2, -0.15) is 4.98 Å². The van der Waals surface area contributed by atoms with E-state index in [0.29, 0.717) is 17.0 Å². The monoisotopic (exact) mass is 165 g/mol. The summed E-state index contributed by atoms with van der Waals surface area (Å²) in [5.74, 6) is 0.953. The van der Waals surface area contributed by atoms with Crippen LogP contribution in [-0.2, 0) is 0 Å². The van der Waals surface area contributed by atoms with Gasteiger partial charge in [0.1, 0.15) is 17.2 Å². The summed E-state index contributed by atoms with van der Waals surface area (Å²) in [7, 11) is 0. The zero-order valence-corrected chi connectivity index (χ0v) is 6.38. The van der Waals surface area contributed by atoms with Crippen molar-refractivity contribution in [2.75, 3.05) is 5.73 Å². The van der Waals surface area contributed by atoms with Gasteiger partial charge >= 0.3 is 5.69 Å². The number of nitrogen functional groups attached to an aromatic ring is 1. The molecule has 0 aliphatic carbocycles. The number of imidazole rings is 1. The predicted octanol–water partition coefficient (Wildman–Crippen LogP) is -0.463. The number of hydrogen-bond donors (Lipinski definition) is 3. The minimum Gasteiger partial charge on any atom is -0.383 e. The highest BCUT2D eigenvalue weighted by Gasteiger charge is 2.04. The van der Waals surface area contributed by atoms with E-state index < -0.39 is 5.69 Å². The number of nitrogens with one attached hydrogen (secondary N) is 2. The van der Waals surface area contributed by atoms with Crippen molar-refractivity contribution < 1.29 is 0 Å². The van der Waals surface area contributed by atoms with E-state index in [4.69, 9.17) is 5.73 Å². The summed E-state index contributed by atoms with van der Waals surface area (Å²) in [4.78, 5) is 23.7. The van der Waals surface area contributed by atoms with Crippen LogP contribution in [0.5, 0.6) is 0 Å². The third-order valence-electron chi connectivity index (χ3n) is 1.52. The Kier molecular flexibility index (Phi) is 1.18. The van der Waals surface area contributed by atoms with Gasteiger partial charge in [0, 0.05) is 0 Å². The number of aryl methyl sites for hydroxylation is 1. The van der Waals surface area contributed by atoms with Gasteiger partial charge in [-0.1, -0.05) is 0 Å². The second-order valence-electron chi connectivity index (χ2n) is 2.48. The molecule has 0 aliphatic heterocycles. The van der Waals surface area contributed by atoms with Gasteiger partial charge in [0.2, 0.25) is 0 Å². The van der Waals surface area contributed by atoms with Gasteiger partial charge in [0.05, 0.1) is 0 Å². The number of nitrogens with zero attached hydrogens (tertiary/aromatic N) is 2. The van der Waals surface area contributed by atoms with E-state index in [-0.39, 0.29) is 5.82 Å². The van der Waals surface area contributed by atoms with Gasteiger partial charge in [0.25, 0.3) is 0 Å². The van der Waals surface area contributed by atoms with Crippen molar-refractivity contribution in [2.24, 2.45) is 0 Å². The fourth-order valence-electron chi connectivity index (χ4n) is 1.05. The van der Waals surface area contributed by atoms with Crippen LogP contribution in [0, 0.1) is 6.92 Å². The number of H-pyrrole nitrogens is 2. The summed E-state index contributed by atoms with van der Waals surface area (Å²) in [5, 5.41) is 0. The van der Waals surface area contributed by atoms with Crippen LogP contribution < -0.4 is 11.4 Å². The maximum absolute atomic E-state index is 10.8. The first kappa shape index (κ1) is 6.84. The Balaban J connectivity index is 2.97. The molecule has 12 heavy (non-hydrogen) atoms. The average Bonchev–Trinajstić information content (AvgIpc) is 2.29. The van der Waals surface area contributed by atoms with Gasteiger partial charge in [-0.05, 0) is 6.92 Å². The molecular weight excluding hydrogens is 158 g/mol. The molecule has 0 saturated heterocycles. The van der Waals surface area contributed by atoms with Gasteiger partial charge in [-0.3, -0.25) is 4.98 Å². The minimum atomic E-state index is -0.480. The Morgan fingerprint density at radius 1 is 1.33 bits per heavy atom. The lowest BCUT2D eigenvalue weighted by molar-refractivity contribution is 1.11. The topological polar surface area (TPSA) is 100 Å². The molecule has 6 heteroatoms. The summed E-state index contributed by atoms with van der Waals surface area (Å²) in [6.07, 6.45) is 0. The van der Waals surface area contributed by atoms with E-state index in [2.05, 4.69) is 19.9 Å². The third-order valence-corrected chi connectivity index (χ3v) is 1.52. The van der Waals surface area contributed by atoms with Crippen molar-refractivity contribution in [1.82, 2.24) is 19.9 Å². The molecule has 0 spiro atoms. The number of hydrogen-bond acceptors (Lipinski definition) is 4. The molecule has 4 N–H and O–H groups in total. The fraction of sp³-hybridized carbons (Fsp3) is 0.167. The number of aromatic amines is 2. The highest BCUT2D eigenvalue weighted by Crippen LogP contribution is 2.10. The third kappa shape index (κ3) is 0.849. The first-order valence-electron chi connectivity index (χ1n) is 3.39. The molecule has 6 nitrogen and oxygen atoms in total. The molecule has 2 heterocycles. The molecule has 0 amide bonds. The lowest BCUT2D eigenvalue weighted by Crippen LogP contribution is -2.12. The zero-order chi connectivity index (χ0) is 8.72. The number of nitrogens with two attached hydrogens (primary N) is 1. The summed E-state index contributed by atoms with van der Waals surface area (Å²) < 4.78 is 0. The molecule has 0 atom stereocenters. The SMILES string of the molecule is Cc1nc2nc(=O)[nH]c(N)c2[nH]1. The summed E-state index contributed by atoms with van der Waals surface area (Å²) >= 11 is 0. The van der Waals surface area contributed by atoms with Crippen molar-refractivity contribution >= 4 is 17.0 Å². The lowest BCUT2D eigenvalue weighted by Gasteiger charge is -1.91. The largest absolute Gasteiger partial charge is 0.383 e. The van der Waals surface area contributed by atoms with Crippen LogP contribution in [0.2, 0.25) is 0 Å². The van der Waals surface area contributed by atoms with Gasteiger partial charge in [0.15, 0.2) is 5.65 Å². The van der Waals surface area contributed by atoms with E-state index >= 15 is 0 Å². The maximum Gasteiger partial charge on any atom is 0.348 e. The van der Waals surface area contributed by atoms with Gasteiger partial charge in [-0.15, -0.1) is 0 Å². The van der Waals surface area contributed by atoms with Crippen molar-refractivity contribution in [3.63, 3.8) is 0 Å². The van der Waals surface area contributed by atoms with E-state index in [0.717, 1.165) is 0 Å². The molecule has 2 rings (SSSR count). The molecular formula is C6H7N5O. The number of aromatic nitrogens is 4. The van der Waals surface area contributed by atoms with Crippen LogP contribution in [0.15, 0.2) is 4.79 Å². The number of fused-ring (bicyclic) bond motifs is 1. The quantitative estimate of drug-likeness (QED) is 0.491. The molecule has 0 bridgehead atoms. The van der Waals surface area contributed by atoms with Crippen LogP contribution in [0.1, 0.15) is 5.82 Å². The number of anilines is 1. The Bertz CT molecular complexity index is 482. The van der Waals surface area contributed by atoms with E-state index in [1.54, 1.807) is 6.92 Å². The average molecular weight is 165 g/mol. The van der Waals surface area contributed by atoms with Crippen LogP contribution in [0.25, 0.3) is 11.2 Å². The van der Waals surface area contributed by atoms with Crippen molar-refractivity contribution in [1.29, 1.82) is 0 Å². The molecule has 62 valence electrons. The lowest BCUT2D eigenvalue weighted by atomic mass is 10.5. The fourth-order valence-corrected chi connectivity index (χ4v) is 1.05. The van der Waals surface area contributed by atoms with Crippen LogP contribution >= 0.6 is 0 Å². The Morgan fingerprint density at radius 3 is 2.83 bits per heavy atom. The van der Waals surface area contributed by atoms with Crippen LogP contribution in [0.3, 0.4) is 0 Å². The van der Waals surface area contributed by atoms with Crippen LogP contribution in [-0.4, -0.2) is 19.9 Å². The molecule has 0 radical (unpaired) electrons. The zero-order valence-electron chi connectivity index (χ0n) is 6.38. The maximum atomic E-state index is 10.8. The molecule has 2 aromatic rings. The summed E-state index contributed by atoms with van der Waals surface area (Å²) in [5.41, 5.74) is 5.95. The predicted molar refractivity (Wildman–Crippen MR) is 43.7 cm³/mol. The first-order valence-corrected chi connectivity index (χ1v) is 3.39. The summed E-state index contributed by atoms with van der Waals surface area (Å²) in [6.45, 7) is 1.77. The first-order chi connectivity index (χ1) is 5.66. The summed E-state index contributed by atoms with van der Waals surface area (Å²) in [6, 6.07) is 0. The van der Waals surface area contributed by atoms with Gasteiger partial charge < -0.3 is 10.7 Å². The Morgan fingerprint density at radius 2 is 2.08 bits per heavy atom. The second kappa shape index (κ2) is 2.07. The Labute approximate surface area is 66.8 Å². The van der Waals surface area contributed by atoms with Crippen molar-refractivity contribution in [3.8, 4) is 0 Å². The minimum absolute atomic E-state index is 0.269. The molecule has 0 unspecified atom stereocenters. The highest BCUT2D eigenvalue weighted by molar-refractivity contribution is 5.80. The highest BCUT2D eigenvalue weighted by atomic mass is 16.1. The van der Waals surface area contributed by atoms with Gasteiger partial charge in [-0.25, -0.2) is 9.78 Å². The smallest absolute Gasteiger partial charge is 0.348 e. The Hall–Kier alpha value is -1.85. The van der Waals surface area contributed by atoms with Crippen molar-refractivity contribution in [2.45, 2.75) is 6.92 Å². The molecule has 0 aliphatic rings.